The number of hydrogen-bond donors (Lipinski definition) is 1. The molecular weight excluding hydrogens is 299 g/mol. The van der Waals surface area contributed by atoms with Gasteiger partial charge in [0.2, 0.25) is 0 Å². The van der Waals surface area contributed by atoms with Gasteiger partial charge in [0.15, 0.2) is 5.01 Å². The number of alkyl halides is 3. The molecule has 0 bridgehead atoms. The molecule has 120 valence electrons. The number of nitrogens with zero attached hydrogens (tertiary/aromatic N) is 2. The Hall–Kier alpha value is -0.660. The van der Waals surface area contributed by atoms with Crippen LogP contribution in [0.4, 0.5) is 13.2 Å². The summed E-state index contributed by atoms with van der Waals surface area (Å²) in [7, 11) is 0. The van der Waals surface area contributed by atoms with Gasteiger partial charge in [-0.15, -0.1) is 11.3 Å². The van der Waals surface area contributed by atoms with E-state index in [1.54, 1.807) is 0 Å². The molecule has 0 saturated carbocycles. The third-order valence-corrected chi connectivity index (χ3v) is 5.19. The molecular formula is C14H22F3N3S. The van der Waals surface area contributed by atoms with Crippen molar-refractivity contribution in [2.75, 3.05) is 19.6 Å². The Labute approximate surface area is 127 Å². The Morgan fingerprint density at radius 2 is 1.95 bits per heavy atom. The number of likely N-dealkylation sites (tertiary alicyclic amines) is 1. The summed E-state index contributed by atoms with van der Waals surface area (Å²) in [5, 5.41) is 2.58. The molecule has 1 aromatic rings. The highest BCUT2D eigenvalue weighted by molar-refractivity contribution is 7.11. The first-order valence-corrected chi connectivity index (χ1v) is 8.09. The molecule has 0 aromatic carbocycles. The lowest BCUT2D eigenvalue weighted by Crippen LogP contribution is -2.51. The predicted molar refractivity (Wildman–Crippen MR) is 78.4 cm³/mol. The minimum Gasteiger partial charge on any atom is -0.308 e. The van der Waals surface area contributed by atoms with Crippen molar-refractivity contribution in [1.82, 2.24) is 15.2 Å². The number of hydrogen-bond acceptors (Lipinski definition) is 4. The summed E-state index contributed by atoms with van der Waals surface area (Å²) in [5.74, 6) is 0. The topological polar surface area (TPSA) is 28.2 Å². The van der Waals surface area contributed by atoms with Gasteiger partial charge in [-0.1, -0.05) is 6.92 Å². The van der Waals surface area contributed by atoms with E-state index >= 15 is 0 Å². The fraction of sp³-hybridized carbons (Fsp3) is 0.786. The van der Waals surface area contributed by atoms with Crippen molar-refractivity contribution in [2.24, 2.45) is 0 Å². The highest BCUT2D eigenvalue weighted by atomic mass is 32.1. The maximum absolute atomic E-state index is 12.8. The second kappa shape index (κ2) is 6.22. The Morgan fingerprint density at radius 3 is 2.43 bits per heavy atom. The maximum Gasteiger partial charge on any atom is 0.443 e. The minimum atomic E-state index is -4.36. The molecule has 1 aromatic heterocycles. The Balaban J connectivity index is 2.27. The molecule has 1 fully saturated rings. The van der Waals surface area contributed by atoms with Crippen LogP contribution >= 0.6 is 11.3 Å². The smallest absolute Gasteiger partial charge is 0.308 e. The number of thiazole rings is 1. The molecule has 0 aliphatic carbocycles. The van der Waals surface area contributed by atoms with E-state index in [1.165, 1.54) is 6.20 Å². The van der Waals surface area contributed by atoms with Crippen LogP contribution in [0.1, 0.15) is 49.5 Å². The summed E-state index contributed by atoms with van der Waals surface area (Å²) in [5.41, 5.74) is -0.234. The van der Waals surface area contributed by atoms with E-state index in [4.69, 9.17) is 0 Å². The van der Waals surface area contributed by atoms with Gasteiger partial charge in [0.05, 0.1) is 6.04 Å². The second-order valence-corrected chi connectivity index (χ2v) is 6.97. The van der Waals surface area contributed by atoms with E-state index in [0.717, 1.165) is 37.3 Å². The molecule has 1 saturated heterocycles. The SMILES string of the molecule is CCNC(c1cnc(C(F)(F)F)s1)C(C)(C)N1CCCC1. The summed E-state index contributed by atoms with van der Waals surface area (Å²) in [6.07, 6.45) is -0.687. The van der Waals surface area contributed by atoms with E-state index in [2.05, 4.69) is 29.0 Å². The first-order chi connectivity index (χ1) is 9.76. The van der Waals surface area contributed by atoms with Crippen LogP contribution in [0.3, 0.4) is 0 Å². The molecule has 1 aliphatic heterocycles. The van der Waals surface area contributed by atoms with Gasteiger partial charge in [-0.05, 0) is 46.3 Å². The summed E-state index contributed by atoms with van der Waals surface area (Å²) in [6, 6.07) is -0.144. The molecule has 0 amide bonds. The fourth-order valence-corrected chi connectivity index (χ4v) is 3.97. The van der Waals surface area contributed by atoms with Gasteiger partial charge < -0.3 is 5.32 Å². The van der Waals surface area contributed by atoms with Crippen LogP contribution in [0, 0.1) is 0 Å². The largest absolute Gasteiger partial charge is 0.443 e. The van der Waals surface area contributed by atoms with E-state index in [9.17, 15) is 13.2 Å². The molecule has 1 N–H and O–H groups in total. The van der Waals surface area contributed by atoms with Crippen molar-refractivity contribution in [2.45, 2.75) is 51.4 Å². The summed E-state index contributed by atoms with van der Waals surface area (Å²) >= 11 is 0.748. The molecule has 0 radical (unpaired) electrons. The number of likely N-dealkylation sites (N-methyl/N-ethyl adjacent to an activating group) is 1. The van der Waals surface area contributed by atoms with E-state index in [-0.39, 0.29) is 11.6 Å². The minimum absolute atomic E-state index is 0.144. The zero-order valence-electron chi connectivity index (χ0n) is 12.6. The van der Waals surface area contributed by atoms with Crippen LogP contribution in [-0.4, -0.2) is 35.1 Å². The van der Waals surface area contributed by atoms with Crippen LogP contribution in [0.2, 0.25) is 0 Å². The number of halogens is 3. The van der Waals surface area contributed by atoms with E-state index in [1.807, 2.05) is 6.92 Å². The van der Waals surface area contributed by atoms with Crippen molar-refractivity contribution in [3.05, 3.63) is 16.1 Å². The predicted octanol–water partition coefficient (Wildman–Crippen LogP) is 3.69. The quantitative estimate of drug-likeness (QED) is 0.896. The standard InChI is InChI=1S/C14H22F3N3S/c1-4-18-11(13(2,3)20-7-5-6-8-20)10-9-19-12(21-10)14(15,16)17/h9,11,18H,4-8H2,1-3H3. The molecule has 3 nitrogen and oxygen atoms in total. The van der Waals surface area contributed by atoms with Crippen LogP contribution < -0.4 is 5.32 Å². The normalized spacial score (nSPS) is 19.1. The Morgan fingerprint density at radius 1 is 1.33 bits per heavy atom. The zero-order chi connectivity index (χ0) is 15.7. The van der Waals surface area contributed by atoms with Gasteiger partial charge in [0.25, 0.3) is 0 Å². The number of rotatable bonds is 5. The van der Waals surface area contributed by atoms with Crippen molar-refractivity contribution < 1.29 is 13.2 Å². The van der Waals surface area contributed by atoms with Crippen LogP contribution in [0.25, 0.3) is 0 Å². The van der Waals surface area contributed by atoms with Gasteiger partial charge >= 0.3 is 6.18 Å². The lowest BCUT2D eigenvalue weighted by Gasteiger charge is -2.42. The third-order valence-electron chi connectivity index (χ3n) is 4.09. The third kappa shape index (κ3) is 3.57. The Kier molecular flexibility index (Phi) is 4.95. The van der Waals surface area contributed by atoms with Gasteiger partial charge in [0.1, 0.15) is 0 Å². The van der Waals surface area contributed by atoms with Gasteiger partial charge in [-0.3, -0.25) is 4.90 Å². The molecule has 1 atom stereocenters. The van der Waals surface area contributed by atoms with Gasteiger partial charge in [-0.25, -0.2) is 4.98 Å². The fourth-order valence-electron chi connectivity index (χ4n) is 2.93. The van der Waals surface area contributed by atoms with E-state index < -0.39 is 11.2 Å². The number of aromatic nitrogens is 1. The van der Waals surface area contributed by atoms with E-state index in [0.29, 0.717) is 11.4 Å². The second-order valence-electron chi connectivity index (χ2n) is 5.90. The van der Waals surface area contributed by atoms with Crippen LogP contribution in [0.15, 0.2) is 6.20 Å². The molecule has 1 aliphatic rings. The van der Waals surface area contributed by atoms with Crippen LogP contribution in [-0.2, 0) is 6.18 Å². The highest BCUT2D eigenvalue weighted by Gasteiger charge is 2.40. The molecule has 7 heteroatoms. The Bertz CT molecular complexity index is 464. The molecule has 1 unspecified atom stereocenters. The van der Waals surface area contributed by atoms with Crippen LogP contribution in [0.5, 0.6) is 0 Å². The monoisotopic (exact) mass is 321 g/mol. The van der Waals surface area contributed by atoms with Crippen molar-refractivity contribution in [3.8, 4) is 0 Å². The summed E-state index contributed by atoms with van der Waals surface area (Å²) in [6.45, 7) is 8.87. The first-order valence-electron chi connectivity index (χ1n) is 7.28. The highest BCUT2D eigenvalue weighted by Crippen LogP contribution is 2.39. The maximum atomic E-state index is 12.8. The van der Waals surface area contributed by atoms with Gasteiger partial charge in [0, 0.05) is 16.6 Å². The first kappa shape index (κ1) is 16.7. The number of nitrogens with one attached hydrogen (secondary N) is 1. The molecule has 21 heavy (non-hydrogen) atoms. The molecule has 0 spiro atoms. The van der Waals surface area contributed by atoms with Crippen molar-refractivity contribution >= 4 is 11.3 Å². The average Bonchev–Trinajstić information content (AvgIpc) is 3.05. The summed E-state index contributed by atoms with van der Waals surface area (Å²) in [4.78, 5) is 6.57. The van der Waals surface area contributed by atoms with Crippen molar-refractivity contribution in [1.29, 1.82) is 0 Å². The molecule has 2 heterocycles. The molecule has 2 rings (SSSR count). The van der Waals surface area contributed by atoms with Crippen molar-refractivity contribution in [3.63, 3.8) is 0 Å². The van der Waals surface area contributed by atoms with Gasteiger partial charge in [-0.2, -0.15) is 13.2 Å². The zero-order valence-corrected chi connectivity index (χ0v) is 13.4. The average molecular weight is 321 g/mol. The summed E-state index contributed by atoms with van der Waals surface area (Å²) < 4.78 is 38.3. The lowest BCUT2D eigenvalue weighted by atomic mass is 9.91. The lowest BCUT2D eigenvalue weighted by molar-refractivity contribution is -0.137.